The lowest BCUT2D eigenvalue weighted by molar-refractivity contribution is 0.259. The van der Waals surface area contributed by atoms with Crippen LogP contribution >= 0.6 is 0 Å². The number of urea groups is 1. The third kappa shape index (κ3) is 1.33. The number of rotatable bonds is 1. The standard InChI is InChI=1S/C9H8N2O2/c10-9(12)11-8-7-4-2-1-3-6(7)5-13-8/h1-5H,(H3,10,11,12). The summed E-state index contributed by atoms with van der Waals surface area (Å²) in [5.74, 6) is 0.392. The van der Waals surface area contributed by atoms with E-state index in [1.807, 2.05) is 24.3 Å². The first kappa shape index (κ1) is 7.67. The molecule has 0 fully saturated rings. The third-order valence-electron chi connectivity index (χ3n) is 1.75. The van der Waals surface area contributed by atoms with Gasteiger partial charge in [-0.25, -0.2) is 4.79 Å². The number of nitrogens with two attached hydrogens (primary N) is 1. The summed E-state index contributed by atoms with van der Waals surface area (Å²) in [6.07, 6.45) is 1.57. The molecule has 0 spiro atoms. The van der Waals surface area contributed by atoms with Gasteiger partial charge in [-0.1, -0.05) is 18.2 Å². The normalized spacial score (nSPS) is 10.2. The summed E-state index contributed by atoms with van der Waals surface area (Å²) < 4.78 is 5.11. The first-order chi connectivity index (χ1) is 6.27. The molecule has 0 bridgehead atoms. The number of anilines is 1. The molecular formula is C9H8N2O2. The van der Waals surface area contributed by atoms with Crippen LogP contribution in [0.5, 0.6) is 0 Å². The second-order valence-electron chi connectivity index (χ2n) is 2.64. The molecule has 4 heteroatoms. The maximum absolute atomic E-state index is 10.6. The largest absolute Gasteiger partial charge is 0.447 e. The van der Waals surface area contributed by atoms with E-state index in [0.29, 0.717) is 5.88 Å². The molecule has 2 rings (SSSR count). The quantitative estimate of drug-likeness (QED) is 0.696. The molecule has 0 aliphatic carbocycles. The van der Waals surface area contributed by atoms with Crippen LogP contribution in [-0.4, -0.2) is 6.03 Å². The van der Waals surface area contributed by atoms with E-state index >= 15 is 0 Å². The van der Waals surface area contributed by atoms with Crippen molar-refractivity contribution < 1.29 is 9.21 Å². The molecule has 2 amide bonds. The minimum atomic E-state index is -0.625. The fraction of sp³-hybridized carbons (Fsp3) is 0. The van der Waals surface area contributed by atoms with Crippen molar-refractivity contribution >= 4 is 22.7 Å². The Morgan fingerprint density at radius 2 is 2.15 bits per heavy atom. The van der Waals surface area contributed by atoms with Crippen LogP contribution in [-0.2, 0) is 0 Å². The van der Waals surface area contributed by atoms with Crippen molar-refractivity contribution in [2.75, 3.05) is 5.32 Å². The number of carbonyl (C=O) groups is 1. The molecule has 0 unspecified atom stereocenters. The van der Waals surface area contributed by atoms with Gasteiger partial charge in [0.25, 0.3) is 0 Å². The Balaban J connectivity index is 2.51. The summed E-state index contributed by atoms with van der Waals surface area (Å²) in [4.78, 5) is 10.6. The van der Waals surface area contributed by atoms with Crippen molar-refractivity contribution in [1.29, 1.82) is 0 Å². The van der Waals surface area contributed by atoms with E-state index < -0.39 is 6.03 Å². The Labute approximate surface area is 74.3 Å². The highest BCUT2D eigenvalue weighted by Crippen LogP contribution is 2.24. The van der Waals surface area contributed by atoms with Gasteiger partial charge in [-0.15, -0.1) is 0 Å². The van der Waals surface area contributed by atoms with Gasteiger partial charge < -0.3 is 10.2 Å². The number of primary amides is 1. The molecule has 0 saturated heterocycles. The Kier molecular flexibility index (Phi) is 1.66. The highest BCUT2D eigenvalue weighted by atomic mass is 16.3. The summed E-state index contributed by atoms with van der Waals surface area (Å²) in [6, 6.07) is 6.88. The third-order valence-corrected chi connectivity index (χ3v) is 1.75. The van der Waals surface area contributed by atoms with Crippen molar-refractivity contribution in [3.8, 4) is 0 Å². The maximum Gasteiger partial charge on any atom is 0.318 e. The Hall–Kier alpha value is -1.97. The average molecular weight is 176 g/mol. The molecule has 0 saturated carbocycles. The van der Waals surface area contributed by atoms with Crippen molar-refractivity contribution in [3.05, 3.63) is 30.5 Å². The van der Waals surface area contributed by atoms with Gasteiger partial charge in [-0.2, -0.15) is 0 Å². The van der Waals surface area contributed by atoms with Crippen LogP contribution in [0.1, 0.15) is 0 Å². The monoisotopic (exact) mass is 176 g/mol. The second kappa shape index (κ2) is 2.82. The molecule has 1 aromatic heterocycles. The predicted octanol–water partition coefficient (Wildman–Crippen LogP) is 1.92. The summed E-state index contributed by atoms with van der Waals surface area (Å²) in [7, 11) is 0. The van der Waals surface area contributed by atoms with Crippen molar-refractivity contribution in [2.24, 2.45) is 5.73 Å². The van der Waals surface area contributed by atoms with Crippen LogP contribution in [0, 0.1) is 0 Å². The molecule has 13 heavy (non-hydrogen) atoms. The number of carbonyl (C=O) groups excluding carboxylic acids is 1. The summed E-state index contributed by atoms with van der Waals surface area (Å²) in [6.45, 7) is 0. The minimum absolute atomic E-state index is 0.392. The van der Waals surface area contributed by atoms with Crippen molar-refractivity contribution in [2.45, 2.75) is 0 Å². The number of furan rings is 1. The summed E-state index contributed by atoms with van der Waals surface area (Å²) >= 11 is 0. The first-order valence-corrected chi connectivity index (χ1v) is 3.80. The van der Waals surface area contributed by atoms with Crippen molar-refractivity contribution in [1.82, 2.24) is 0 Å². The molecule has 2 aromatic rings. The zero-order chi connectivity index (χ0) is 9.26. The molecule has 0 aliphatic heterocycles. The van der Waals surface area contributed by atoms with E-state index in [1.165, 1.54) is 0 Å². The van der Waals surface area contributed by atoms with Crippen LogP contribution in [0.3, 0.4) is 0 Å². The molecule has 1 aromatic carbocycles. The molecule has 3 N–H and O–H groups in total. The van der Waals surface area contributed by atoms with Gasteiger partial charge >= 0.3 is 6.03 Å². The lowest BCUT2D eigenvalue weighted by Crippen LogP contribution is -2.18. The van der Waals surface area contributed by atoms with E-state index in [4.69, 9.17) is 10.2 Å². The van der Waals surface area contributed by atoms with Crippen LogP contribution in [0.15, 0.2) is 34.9 Å². The second-order valence-corrected chi connectivity index (χ2v) is 2.64. The number of nitrogens with one attached hydrogen (secondary N) is 1. The Bertz CT molecular complexity index is 448. The summed E-state index contributed by atoms with van der Waals surface area (Å²) in [5, 5.41) is 4.18. The average Bonchev–Trinajstić information content (AvgIpc) is 2.48. The van der Waals surface area contributed by atoms with Crippen LogP contribution < -0.4 is 11.1 Å². The van der Waals surface area contributed by atoms with Gasteiger partial charge in [-0.05, 0) is 6.07 Å². The van der Waals surface area contributed by atoms with E-state index in [2.05, 4.69) is 5.32 Å². The van der Waals surface area contributed by atoms with Gasteiger partial charge in [0.15, 0.2) is 0 Å². The number of fused-ring (bicyclic) bond motifs is 1. The van der Waals surface area contributed by atoms with Gasteiger partial charge in [0.1, 0.15) is 6.26 Å². The highest BCUT2D eigenvalue weighted by Gasteiger charge is 2.05. The molecular weight excluding hydrogens is 168 g/mol. The predicted molar refractivity (Wildman–Crippen MR) is 49.4 cm³/mol. The fourth-order valence-electron chi connectivity index (χ4n) is 1.20. The van der Waals surface area contributed by atoms with E-state index in [-0.39, 0.29) is 0 Å². The van der Waals surface area contributed by atoms with Gasteiger partial charge in [0.05, 0.1) is 0 Å². The Morgan fingerprint density at radius 1 is 1.38 bits per heavy atom. The van der Waals surface area contributed by atoms with E-state index in [9.17, 15) is 4.79 Å². The maximum atomic E-state index is 10.6. The Morgan fingerprint density at radius 3 is 2.92 bits per heavy atom. The molecule has 0 aliphatic rings. The topological polar surface area (TPSA) is 68.3 Å². The summed E-state index contributed by atoms with van der Waals surface area (Å²) in [5.41, 5.74) is 4.96. The van der Waals surface area contributed by atoms with Crippen molar-refractivity contribution in [3.63, 3.8) is 0 Å². The van der Waals surface area contributed by atoms with Gasteiger partial charge in [-0.3, -0.25) is 5.32 Å². The molecule has 1 heterocycles. The number of hydrogen-bond acceptors (Lipinski definition) is 2. The SMILES string of the molecule is NC(=O)Nc1occ2ccccc12. The molecule has 0 radical (unpaired) electrons. The highest BCUT2D eigenvalue weighted by molar-refractivity contribution is 5.98. The van der Waals surface area contributed by atoms with E-state index in [0.717, 1.165) is 10.8 Å². The molecule has 0 atom stereocenters. The molecule has 66 valence electrons. The van der Waals surface area contributed by atoms with Crippen LogP contribution in [0.25, 0.3) is 10.8 Å². The number of hydrogen-bond donors (Lipinski definition) is 2. The van der Waals surface area contributed by atoms with Crippen LogP contribution in [0.4, 0.5) is 10.7 Å². The van der Waals surface area contributed by atoms with Crippen LogP contribution in [0.2, 0.25) is 0 Å². The fourth-order valence-corrected chi connectivity index (χ4v) is 1.20. The minimum Gasteiger partial charge on any atom is -0.447 e. The van der Waals surface area contributed by atoms with Gasteiger partial charge in [0, 0.05) is 10.8 Å². The lowest BCUT2D eigenvalue weighted by Gasteiger charge is -1.95. The lowest BCUT2D eigenvalue weighted by atomic mass is 10.2. The van der Waals surface area contributed by atoms with E-state index in [1.54, 1.807) is 6.26 Å². The first-order valence-electron chi connectivity index (χ1n) is 3.80. The number of benzene rings is 1. The van der Waals surface area contributed by atoms with Gasteiger partial charge in [0.2, 0.25) is 5.88 Å². The zero-order valence-corrected chi connectivity index (χ0v) is 6.78. The smallest absolute Gasteiger partial charge is 0.318 e. The molecule has 4 nitrogen and oxygen atoms in total. The number of amides is 2. The zero-order valence-electron chi connectivity index (χ0n) is 6.78.